The SMILES string of the molecule is CC1CCN(CC(O)COc2cccc3c2cnn3C)CC1. The molecular formula is C17H25N3O2. The number of aliphatic hydroxyl groups excluding tert-OH is 1. The van der Waals surface area contributed by atoms with Gasteiger partial charge in [0.1, 0.15) is 18.5 Å². The van der Waals surface area contributed by atoms with Crippen LogP contribution in [0.5, 0.6) is 5.75 Å². The van der Waals surface area contributed by atoms with Gasteiger partial charge in [0, 0.05) is 13.6 Å². The van der Waals surface area contributed by atoms with Gasteiger partial charge in [-0.2, -0.15) is 5.10 Å². The molecule has 5 heteroatoms. The molecule has 5 nitrogen and oxygen atoms in total. The van der Waals surface area contributed by atoms with Gasteiger partial charge in [-0.05, 0) is 44.0 Å². The third-order valence-corrected chi connectivity index (χ3v) is 4.53. The summed E-state index contributed by atoms with van der Waals surface area (Å²) in [5.74, 6) is 1.60. The first-order chi connectivity index (χ1) is 10.6. The molecule has 1 saturated heterocycles. The summed E-state index contributed by atoms with van der Waals surface area (Å²) in [6.07, 6.45) is 3.80. The molecule has 120 valence electrons. The van der Waals surface area contributed by atoms with Crippen molar-refractivity contribution in [3.63, 3.8) is 0 Å². The van der Waals surface area contributed by atoms with Crippen LogP contribution in [0.25, 0.3) is 10.9 Å². The number of aryl methyl sites for hydroxylation is 1. The molecule has 0 bridgehead atoms. The Kier molecular flexibility index (Phi) is 4.64. The summed E-state index contributed by atoms with van der Waals surface area (Å²) in [6, 6.07) is 5.90. The van der Waals surface area contributed by atoms with Crippen molar-refractivity contribution in [2.75, 3.05) is 26.2 Å². The number of β-amino-alcohol motifs (C(OH)–C–C–N with tert-alkyl or cyclic N) is 1. The van der Waals surface area contributed by atoms with Gasteiger partial charge in [0.05, 0.1) is 17.1 Å². The highest BCUT2D eigenvalue weighted by molar-refractivity contribution is 5.85. The van der Waals surface area contributed by atoms with Crippen LogP contribution in [0, 0.1) is 5.92 Å². The fraction of sp³-hybridized carbons (Fsp3) is 0.588. The lowest BCUT2D eigenvalue weighted by atomic mass is 9.99. The molecule has 1 unspecified atom stereocenters. The number of fused-ring (bicyclic) bond motifs is 1. The van der Waals surface area contributed by atoms with E-state index in [-0.39, 0.29) is 0 Å². The van der Waals surface area contributed by atoms with Crippen molar-refractivity contribution in [2.24, 2.45) is 13.0 Å². The highest BCUT2D eigenvalue weighted by atomic mass is 16.5. The average molecular weight is 303 g/mol. The molecule has 0 spiro atoms. The van der Waals surface area contributed by atoms with Crippen molar-refractivity contribution >= 4 is 10.9 Å². The molecule has 1 fully saturated rings. The number of aromatic nitrogens is 2. The van der Waals surface area contributed by atoms with Gasteiger partial charge in [-0.25, -0.2) is 0 Å². The highest BCUT2D eigenvalue weighted by Gasteiger charge is 2.18. The van der Waals surface area contributed by atoms with Gasteiger partial charge in [0.2, 0.25) is 0 Å². The second-order valence-electron chi connectivity index (χ2n) is 6.41. The van der Waals surface area contributed by atoms with E-state index in [1.165, 1.54) is 12.8 Å². The molecule has 0 radical (unpaired) electrons. The Morgan fingerprint density at radius 2 is 2.14 bits per heavy atom. The number of hydrogen-bond donors (Lipinski definition) is 1. The van der Waals surface area contributed by atoms with E-state index in [1.807, 2.05) is 36.1 Å². The van der Waals surface area contributed by atoms with E-state index in [0.717, 1.165) is 35.7 Å². The van der Waals surface area contributed by atoms with Crippen LogP contribution in [0.1, 0.15) is 19.8 Å². The lowest BCUT2D eigenvalue weighted by molar-refractivity contribution is 0.0567. The van der Waals surface area contributed by atoms with Crippen molar-refractivity contribution < 1.29 is 9.84 Å². The molecule has 22 heavy (non-hydrogen) atoms. The predicted octanol–water partition coefficient (Wildman–Crippen LogP) is 2.04. The number of aliphatic hydroxyl groups is 1. The van der Waals surface area contributed by atoms with Crippen molar-refractivity contribution in [1.29, 1.82) is 0 Å². The molecule has 1 aliphatic rings. The van der Waals surface area contributed by atoms with Gasteiger partial charge in [-0.15, -0.1) is 0 Å². The Labute approximate surface area is 131 Å². The van der Waals surface area contributed by atoms with Gasteiger partial charge in [-0.1, -0.05) is 13.0 Å². The number of likely N-dealkylation sites (tertiary alicyclic amines) is 1. The Balaban J connectivity index is 1.55. The summed E-state index contributed by atoms with van der Waals surface area (Å²) in [5.41, 5.74) is 1.04. The maximum absolute atomic E-state index is 10.2. The normalized spacial score (nSPS) is 18.7. The number of benzene rings is 1. The van der Waals surface area contributed by atoms with Crippen LogP contribution < -0.4 is 4.74 Å². The van der Waals surface area contributed by atoms with E-state index in [2.05, 4.69) is 16.9 Å². The third kappa shape index (κ3) is 3.42. The lowest BCUT2D eigenvalue weighted by Crippen LogP contribution is -2.40. The fourth-order valence-corrected chi connectivity index (χ4v) is 3.06. The first-order valence-electron chi connectivity index (χ1n) is 8.07. The van der Waals surface area contributed by atoms with E-state index < -0.39 is 6.10 Å². The van der Waals surface area contributed by atoms with Crippen LogP contribution in [0.2, 0.25) is 0 Å². The Bertz CT molecular complexity index is 617. The Hall–Kier alpha value is -1.59. The smallest absolute Gasteiger partial charge is 0.130 e. The van der Waals surface area contributed by atoms with E-state index in [4.69, 9.17) is 4.74 Å². The monoisotopic (exact) mass is 303 g/mol. The molecular weight excluding hydrogens is 278 g/mol. The van der Waals surface area contributed by atoms with E-state index in [1.54, 1.807) is 0 Å². The number of hydrogen-bond acceptors (Lipinski definition) is 4. The zero-order chi connectivity index (χ0) is 15.5. The van der Waals surface area contributed by atoms with Crippen molar-refractivity contribution in [1.82, 2.24) is 14.7 Å². The zero-order valence-electron chi connectivity index (χ0n) is 13.4. The van der Waals surface area contributed by atoms with Gasteiger partial charge >= 0.3 is 0 Å². The minimum Gasteiger partial charge on any atom is -0.490 e. The third-order valence-electron chi connectivity index (χ3n) is 4.53. The first kappa shape index (κ1) is 15.3. The molecule has 3 rings (SSSR count). The number of nitrogens with zero attached hydrogens (tertiary/aromatic N) is 3. The van der Waals surface area contributed by atoms with Crippen molar-refractivity contribution in [3.05, 3.63) is 24.4 Å². The molecule has 2 aromatic rings. The van der Waals surface area contributed by atoms with E-state index in [9.17, 15) is 5.11 Å². The molecule has 0 aliphatic carbocycles. The summed E-state index contributed by atoms with van der Waals surface area (Å²) in [4.78, 5) is 2.33. The summed E-state index contributed by atoms with van der Waals surface area (Å²) >= 11 is 0. The average Bonchev–Trinajstić information content (AvgIpc) is 2.90. The maximum atomic E-state index is 10.2. The first-order valence-corrected chi connectivity index (χ1v) is 8.07. The quantitative estimate of drug-likeness (QED) is 0.918. The largest absolute Gasteiger partial charge is 0.490 e. The second-order valence-corrected chi connectivity index (χ2v) is 6.41. The van der Waals surface area contributed by atoms with Crippen molar-refractivity contribution in [3.8, 4) is 5.75 Å². The standard InChI is InChI=1S/C17H25N3O2/c1-13-6-8-20(9-7-13)11-14(21)12-22-17-5-3-4-16-15(17)10-18-19(16)2/h3-5,10,13-14,21H,6-9,11-12H2,1-2H3. The zero-order valence-corrected chi connectivity index (χ0v) is 13.4. The molecule has 1 aromatic carbocycles. The molecule has 0 saturated carbocycles. The summed E-state index contributed by atoms with van der Waals surface area (Å²) < 4.78 is 7.65. The van der Waals surface area contributed by atoms with Crippen LogP contribution in [0.15, 0.2) is 24.4 Å². The summed E-state index contributed by atoms with van der Waals surface area (Å²) in [7, 11) is 1.91. The lowest BCUT2D eigenvalue weighted by Gasteiger charge is -2.31. The van der Waals surface area contributed by atoms with Crippen LogP contribution >= 0.6 is 0 Å². The van der Waals surface area contributed by atoms with Gasteiger partial charge in [0.15, 0.2) is 0 Å². The number of rotatable bonds is 5. The maximum Gasteiger partial charge on any atom is 0.130 e. The fourth-order valence-electron chi connectivity index (χ4n) is 3.06. The topological polar surface area (TPSA) is 50.5 Å². The van der Waals surface area contributed by atoms with Crippen LogP contribution in [0.3, 0.4) is 0 Å². The van der Waals surface area contributed by atoms with Gasteiger partial charge in [-0.3, -0.25) is 4.68 Å². The van der Waals surface area contributed by atoms with E-state index in [0.29, 0.717) is 13.2 Å². The highest BCUT2D eigenvalue weighted by Crippen LogP contribution is 2.25. The number of ether oxygens (including phenoxy) is 1. The van der Waals surface area contributed by atoms with Gasteiger partial charge < -0.3 is 14.7 Å². The second kappa shape index (κ2) is 6.67. The van der Waals surface area contributed by atoms with Crippen molar-refractivity contribution in [2.45, 2.75) is 25.9 Å². The molecule has 1 aromatic heterocycles. The number of piperidine rings is 1. The Morgan fingerprint density at radius 1 is 1.36 bits per heavy atom. The van der Waals surface area contributed by atoms with Crippen LogP contribution in [-0.2, 0) is 7.05 Å². The predicted molar refractivity (Wildman–Crippen MR) is 87.1 cm³/mol. The Morgan fingerprint density at radius 3 is 2.91 bits per heavy atom. The van der Waals surface area contributed by atoms with Crippen LogP contribution in [-0.4, -0.2) is 52.1 Å². The van der Waals surface area contributed by atoms with Gasteiger partial charge in [0.25, 0.3) is 0 Å². The molecule has 1 aliphatic heterocycles. The summed E-state index contributed by atoms with van der Waals surface area (Å²) in [5, 5.41) is 15.5. The minimum atomic E-state index is -0.458. The van der Waals surface area contributed by atoms with Crippen LogP contribution in [0.4, 0.5) is 0 Å². The molecule has 0 amide bonds. The summed E-state index contributed by atoms with van der Waals surface area (Å²) in [6.45, 7) is 5.47. The molecule has 1 N–H and O–H groups in total. The molecule has 2 heterocycles. The van der Waals surface area contributed by atoms with E-state index >= 15 is 0 Å². The minimum absolute atomic E-state index is 0.320. The molecule has 1 atom stereocenters.